The van der Waals surface area contributed by atoms with E-state index in [1.807, 2.05) is 38.3 Å². The number of fused-ring (bicyclic) bond motifs is 8. The summed E-state index contributed by atoms with van der Waals surface area (Å²) < 4.78 is 69.6. The Balaban J connectivity index is 0.0000174. The summed E-state index contributed by atoms with van der Waals surface area (Å²) in [7, 11) is 8.84. The maximum atomic E-state index is 14.5. The Morgan fingerprint density at radius 3 is 2.02 bits per heavy atom. The van der Waals surface area contributed by atoms with Crippen molar-refractivity contribution in [2.24, 2.45) is 5.92 Å². The molecule has 7 heterocycles. The summed E-state index contributed by atoms with van der Waals surface area (Å²) in [5.41, 5.74) is 3.81. The van der Waals surface area contributed by atoms with Crippen molar-refractivity contribution in [3.05, 3.63) is 117 Å². The van der Waals surface area contributed by atoms with Crippen molar-refractivity contribution < 1.29 is 147 Å². The van der Waals surface area contributed by atoms with E-state index in [0.717, 1.165) is 32.7 Å². The number of esters is 1. The van der Waals surface area contributed by atoms with Crippen molar-refractivity contribution in [3.8, 4) is 22.9 Å². The Morgan fingerprint density at radius 2 is 1.39 bits per heavy atom. The number of cyclic esters (lactones) is 1. The van der Waals surface area contributed by atoms with Gasteiger partial charge in [0.25, 0.3) is 5.56 Å². The molecule has 1 fully saturated rings. The second-order valence-electron chi connectivity index (χ2n) is 30.5. The number of rotatable bonds is 49. The van der Waals surface area contributed by atoms with Gasteiger partial charge < -0.3 is 133 Å². The molecular formula is C84H115N12O27W-. The molecule has 0 unspecified atom stereocenters. The number of unbranched alkanes of at least 4 members (excludes halogenated alkanes) is 1. The van der Waals surface area contributed by atoms with Crippen LogP contribution in [-0.4, -0.2) is 297 Å². The Bertz CT molecular complexity index is 4730. The van der Waals surface area contributed by atoms with E-state index in [4.69, 9.17) is 61.8 Å². The van der Waals surface area contributed by atoms with Gasteiger partial charge in [-0.3, -0.25) is 38.8 Å². The van der Waals surface area contributed by atoms with Crippen LogP contribution in [-0.2, 0) is 152 Å². The van der Waals surface area contributed by atoms with Crippen molar-refractivity contribution in [1.29, 1.82) is 0 Å². The number of methoxy groups -OCH3 is 1. The zero-order chi connectivity index (χ0) is 88.6. The summed E-state index contributed by atoms with van der Waals surface area (Å²) in [6.45, 7) is 13.9. The van der Waals surface area contributed by atoms with Crippen molar-refractivity contribution >= 4 is 80.7 Å². The van der Waals surface area contributed by atoms with Gasteiger partial charge in [-0.05, 0) is 105 Å². The van der Waals surface area contributed by atoms with Crippen LogP contribution in [0.25, 0.3) is 33.2 Å². The molecule has 39 nitrogen and oxygen atoms in total. The van der Waals surface area contributed by atoms with Gasteiger partial charge in [0.1, 0.15) is 61.2 Å². The number of phenolic OH excluding ortho intramolecular Hbond substituents is 1. The number of carbonyl (C=O) groups excluding carboxylic acids is 7. The number of carboxylic acids is 1. The number of aliphatic hydroxyl groups excluding tert-OH is 3. The maximum Gasteiger partial charge on any atom is 0.410 e. The fourth-order valence-electron chi connectivity index (χ4n) is 14.4. The first kappa shape index (κ1) is 98.3. The van der Waals surface area contributed by atoms with Crippen LogP contribution in [0.3, 0.4) is 0 Å². The van der Waals surface area contributed by atoms with Crippen LogP contribution in [0.15, 0.2) is 65.5 Å². The molecule has 10 rings (SSSR count). The molecule has 9 atom stereocenters. The number of aromatic hydroxyl groups is 1. The van der Waals surface area contributed by atoms with E-state index in [-0.39, 0.29) is 145 Å². The molecule has 124 heavy (non-hydrogen) atoms. The summed E-state index contributed by atoms with van der Waals surface area (Å²) in [6.07, 6.45) is -10.5. The van der Waals surface area contributed by atoms with Gasteiger partial charge in [-0.25, -0.2) is 19.4 Å². The third-order valence-corrected chi connectivity index (χ3v) is 21.5. The van der Waals surface area contributed by atoms with E-state index < -0.39 is 114 Å². The van der Waals surface area contributed by atoms with Gasteiger partial charge in [0.05, 0.1) is 140 Å². The Kier molecular flexibility index (Phi) is 37.4. The minimum atomic E-state index is -2.11. The van der Waals surface area contributed by atoms with Crippen LogP contribution in [0, 0.1) is 12.5 Å². The normalized spacial score (nSPS) is 18.6. The number of anilines is 2. The maximum absolute atomic E-state index is 14.5. The molecule has 4 aliphatic rings. The number of benzene rings is 3. The van der Waals surface area contributed by atoms with Crippen molar-refractivity contribution in [2.45, 2.75) is 160 Å². The van der Waals surface area contributed by atoms with E-state index in [1.54, 1.807) is 46.1 Å². The largest absolute Gasteiger partial charge is 0.508 e. The Hall–Kier alpha value is -9.52. The second-order valence-corrected chi connectivity index (χ2v) is 30.5. The number of nitrogens with zero attached hydrogens (tertiary/aromatic N) is 6. The fraction of sp³-hybridized carbons (Fsp3) is 0.560. The van der Waals surface area contributed by atoms with Crippen LogP contribution in [0.1, 0.15) is 105 Å². The molecule has 0 saturated carbocycles. The summed E-state index contributed by atoms with van der Waals surface area (Å²) in [4.78, 5) is 129. The molecule has 0 aliphatic carbocycles. The molecule has 4 aliphatic heterocycles. The fourth-order valence-corrected chi connectivity index (χ4v) is 14.4. The van der Waals surface area contributed by atoms with E-state index in [9.17, 15) is 73.8 Å². The average molecular weight is 1910 g/mol. The molecule has 0 bridgehead atoms. The number of aliphatic hydroxyl groups is 4. The molecule has 3 aromatic heterocycles. The molecule has 0 radical (unpaired) electrons. The van der Waals surface area contributed by atoms with E-state index in [0.29, 0.717) is 126 Å². The van der Waals surface area contributed by atoms with Gasteiger partial charge in [-0.1, -0.05) is 38.6 Å². The molecule has 6 amide bonds. The zero-order valence-electron chi connectivity index (χ0n) is 71.2. The monoisotopic (exact) mass is 1910 g/mol. The number of carbonyl (C=O) groups is 8. The number of phenols is 1. The third-order valence-electron chi connectivity index (χ3n) is 21.5. The number of nitrogens with one attached hydrogen (secondary N) is 6. The van der Waals surface area contributed by atoms with Gasteiger partial charge in [-0.2, -0.15) is 0 Å². The standard InChI is InChI=1S/C84H115N12O27.W/c1-10-84(111)59-42-64-71-52(43-96(64)79(106)58(59)48-120-82(84)109)40-54-57(66(97)19-17-60(54)89-71)44-92(6)83(110)121-47-51-14-16-61(67(39-51)122-81-74(102)72(100)73(101)75(123-81)80(107)108)90-76(103)50(4)87-78(105)70(49(2)3)91-77(104)62(88-69(99)21-24-113-27-28-115-31-32-117-35-36-119-38-37-118-34-33-116-30-29-114-26-25-112-9)13-11-12-22-86-68(98)20-23-95-63-18-15-53(85-5)41-55(63)56-45-93(7)94(8)46-65(56)95;/h14-19,39-42,45,49-50,62,70,72-75,81,85,97,100-102,111H,10-13,20-38,43-44,46-48H2,1-9H3,(H,86,98)(H,87,105)(H,88,99)(H,90,103)(H,91,104)(H,107,108);/q-1;/t50-,62-,70-,72-,73-,74+,75-,81+,84-;/m0./s1. The number of carboxylic acid groups (broad SMARTS) is 1. The number of amides is 6. The summed E-state index contributed by atoms with van der Waals surface area (Å²) in [6, 6.07) is 12.4. The second kappa shape index (κ2) is 47.2. The van der Waals surface area contributed by atoms with Crippen LogP contribution >= 0.6 is 0 Å². The Morgan fingerprint density at radius 1 is 0.734 bits per heavy atom. The van der Waals surface area contributed by atoms with Crippen LogP contribution < -0.4 is 42.2 Å². The van der Waals surface area contributed by atoms with Crippen LogP contribution in [0.2, 0.25) is 0 Å². The van der Waals surface area contributed by atoms with E-state index in [1.165, 1.54) is 42.8 Å². The van der Waals surface area contributed by atoms with Crippen LogP contribution in [0.4, 0.5) is 16.2 Å². The SMILES string of the molecule is CC[C@@]1(O)C(=O)OCc2c1cc1n(c2=O)Cc2cc3c(CN(C)C(=O)OCc4ccc(NC(=O)[C@H](C)NC(=O)[C@@H](NC(=O)[C@H](CCCCNC(=O)CCn5c6c(c7cc(NC)ccc75)[CH-]N(C)N(C)C6)NC(=O)CCOCCOCCOCCOCCOCCOCCOCCOC)C(C)C)c(O[C@@H]5O[C@H](C(=O)O)[C@@H](O)[C@H](O)[C@H]5O)c4)c(O)ccc3nc2-1.[W]. The number of aliphatic carboxylic acids is 1. The quantitative estimate of drug-likeness (QED) is 0.0148. The van der Waals surface area contributed by atoms with Gasteiger partial charge in [0.15, 0.2) is 11.7 Å². The first-order valence-electron chi connectivity index (χ1n) is 41.1. The van der Waals surface area contributed by atoms with E-state index in [2.05, 4.69) is 54.1 Å². The molecule has 0 spiro atoms. The van der Waals surface area contributed by atoms with Gasteiger partial charge >= 0.3 is 18.0 Å². The topological polar surface area (TPSA) is 490 Å². The molecular weight excluding hydrogens is 1790 g/mol. The number of hydrogen-bond donors (Lipinski definition) is 12. The first-order chi connectivity index (χ1) is 59.0. The minimum absolute atomic E-state index is 0. The van der Waals surface area contributed by atoms with Crippen molar-refractivity contribution in [2.75, 3.05) is 152 Å². The predicted molar refractivity (Wildman–Crippen MR) is 442 cm³/mol. The Labute approximate surface area is 731 Å². The molecule has 3 aromatic carbocycles. The summed E-state index contributed by atoms with van der Waals surface area (Å²) in [5, 5.41) is 87.5. The summed E-state index contributed by atoms with van der Waals surface area (Å²) in [5.74, 6) is -6.90. The molecule has 680 valence electrons. The smallest absolute Gasteiger partial charge is 0.410 e. The van der Waals surface area contributed by atoms with Gasteiger partial charge in [0.2, 0.25) is 35.8 Å². The molecule has 6 aromatic rings. The number of pyridine rings is 2. The third kappa shape index (κ3) is 25.4. The number of hydrazine groups is 1. The number of aromatic nitrogens is 3. The first-order valence-corrected chi connectivity index (χ1v) is 41.1. The average Bonchev–Trinajstić information content (AvgIpc) is 1.30. The molecule has 1 saturated heterocycles. The van der Waals surface area contributed by atoms with E-state index >= 15 is 0 Å². The number of hydrogen-bond acceptors (Lipinski definition) is 30. The van der Waals surface area contributed by atoms with Crippen molar-refractivity contribution in [3.63, 3.8) is 0 Å². The van der Waals surface area contributed by atoms with Crippen molar-refractivity contribution in [1.82, 2.24) is 50.3 Å². The zero-order valence-corrected chi connectivity index (χ0v) is 74.1. The predicted octanol–water partition coefficient (Wildman–Crippen LogP) is 2.22. The van der Waals surface area contributed by atoms with Gasteiger partial charge in [0, 0.05) is 110 Å². The number of ether oxygens (including phenoxy) is 12. The van der Waals surface area contributed by atoms with Crippen LogP contribution in [0.5, 0.6) is 11.5 Å². The molecule has 40 heteroatoms. The minimum Gasteiger partial charge on any atom is -0.508 e. The number of aryl methyl sites for hydroxylation is 1. The molecule has 12 N–H and O–H groups in total. The van der Waals surface area contributed by atoms with Gasteiger partial charge in [-0.15, -0.1) is 17.5 Å². The summed E-state index contributed by atoms with van der Waals surface area (Å²) >= 11 is 0.